The lowest BCUT2D eigenvalue weighted by atomic mass is 10.1. The summed E-state index contributed by atoms with van der Waals surface area (Å²) in [6.45, 7) is 0. The van der Waals surface area contributed by atoms with Crippen molar-refractivity contribution in [2.24, 2.45) is 0 Å². The molecule has 0 saturated carbocycles. The molecule has 6 nitrogen and oxygen atoms in total. The zero-order valence-electron chi connectivity index (χ0n) is 14.8. The van der Waals surface area contributed by atoms with E-state index in [1.807, 2.05) is 49.3 Å². The van der Waals surface area contributed by atoms with Crippen LogP contribution in [0.5, 0.6) is 0 Å². The highest BCUT2D eigenvalue weighted by Crippen LogP contribution is 2.29. The third-order valence-electron chi connectivity index (χ3n) is 4.09. The second kappa shape index (κ2) is 7.09. The van der Waals surface area contributed by atoms with Crippen molar-refractivity contribution >= 4 is 39.3 Å². The second-order valence-electron chi connectivity index (χ2n) is 6.21. The van der Waals surface area contributed by atoms with E-state index < -0.39 is 15.7 Å². The highest BCUT2D eigenvalue weighted by atomic mass is 32.2. The van der Waals surface area contributed by atoms with E-state index in [9.17, 15) is 18.5 Å². The number of hydrogen-bond donors (Lipinski definition) is 1. The maximum atomic E-state index is 12.4. The summed E-state index contributed by atoms with van der Waals surface area (Å²) in [5.74, 6) is -0.600. The highest BCUT2D eigenvalue weighted by molar-refractivity contribution is 7.94. The fraction of sp³-hybridized carbons (Fsp3) is 0.100. The standard InChI is InChI=1S/C20H17N3O3S/c1-23(2)18-7-3-14(4-8-18)11-16(13-21)20(24)22-17-6-5-15-9-10-27(25,26)19(15)12-17/h3-12H,1-2H3,(H,22,24)/b16-11+. The lowest BCUT2D eigenvalue weighted by Gasteiger charge is -2.12. The van der Waals surface area contributed by atoms with Gasteiger partial charge in [0.05, 0.1) is 4.90 Å². The van der Waals surface area contributed by atoms with Crippen molar-refractivity contribution in [2.75, 3.05) is 24.3 Å². The third-order valence-corrected chi connectivity index (χ3v) is 5.55. The first-order valence-corrected chi connectivity index (χ1v) is 9.62. The molecule has 0 bridgehead atoms. The van der Waals surface area contributed by atoms with Crippen LogP contribution in [0.4, 0.5) is 11.4 Å². The summed E-state index contributed by atoms with van der Waals surface area (Å²) in [6.07, 6.45) is 2.99. The molecule has 1 N–H and O–H groups in total. The van der Waals surface area contributed by atoms with Crippen molar-refractivity contribution in [1.82, 2.24) is 0 Å². The van der Waals surface area contributed by atoms with Gasteiger partial charge in [-0.1, -0.05) is 18.2 Å². The van der Waals surface area contributed by atoms with Crippen molar-refractivity contribution < 1.29 is 13.2 Å². The van der Waals surface area contributed by atoms with Crippen LogP contribution in [0.3, 0.4) is 0 Å². The topological polar surface area (TPSA) is 90.3 Å². The fourth-order valence-corrected chi connectivity index (χ4v) is 3.84. The molecule has 0 unspecified atom stereocenters. The summed E-state index contributed by atoms with van der Waals surface area (Å²) in [5.41, 5.74) is 2.53. The molecule has 0 aromatic heterocycles. The molecule has 7 heteroatoms. The number of carbonyl (C=O) groups is 1. The van der Waals surface area contributed by atoms with Gasteiger partial charge in [-0.25, -0.2) is 8.42 Å². The van der Waals surface area contributed by atoms with E-state index in [1.54, 1.807) is 12.1 Å². The van der Waals surface area contributed by atoms with Gasteiger partial charge in [0.15, 0.2) is 0 Å². The quantitative estimate of drug-likeness (QED) is 0.651. The molecule has 0 fully saturated rings. The van der Waals surface area contributed by atoms with E-state index in [0.29, 0.717) is 16.8 Å². The average Bonchev–Trinajstić information content (AvgIpc) is 2.94. The zero-order chi connectivity index (χ0) is 19.6. The van der Waals surface area contributed by atoms with Crippen LogP contribution in [0.1, 0.15) is 11.1 Å². The molecule has 2 aromatic rings. The van der Waals surface area contributed by atoms with Gasteiger partial charge in [0.1, 0.15) is 11.6 Å². The molecule has 27 heavy (non-hydrogen) atoms. The van der Waals surface area contributed by atoms with Gasteiger partial charge in [-0.2, -0.15) is 5.26 Å². The first-order valence-electron chi connectivity index (χ1n) is 8.08. The number of hydrogen-bond acceptors (Lipinski definition) is 5. The van der Waals surface area contributed by atoms with Crippen LogP contribution < -0.4 is 10.2 Å². The van der Waals surface area contributed by atoms with Gasteiger partial charge in [0, 0.05) is 30.9 Å². The monoisotopic (exact) mass is 379 g/mol. The number of amides is 1. The molecule has 0 spiro atoms. The van der Waals surface area contributed by atoms with Crippen molar-refractivity contribution in [3.05, 3.63) is 64.6 Å². The summed E-state index contributed by atoms with van der Waals surface area (Å²) in [4.78, 5) is 14.5. The molecule has 1 aliphatic rings. The summed E-state index contributed by atoms with van der Waals surface area (Å²) < 4.78 is 23.9. The fourth-order valence-electron chi connectivity index (χ4n) is 2.61. The van der Waals surface area contributed by atoms with E-state index in [1.165, 1.54) is 18.2 Å². The first-order chi connectivity index (χ1) is 12.8. The van der Waals surface area contributed by atoms with Crippen LogP contribution in [0.25, 0.3) is 12.2 Å². The average molecular weight is 379 g/mol. The van der Waals surface area contributed by atoms with Gasteiger partial charge >= 0.3 is 0 Å². The Bertz CT molecular complexity index is 1110. The van der Waals surface area contributed by atoms with Crippen LogP contribution in [-0.4, -0.2) is 28.4 Å². The van der Waals surface area contributed by atoms with E-state index in [4.69, 9.17) is 0 Å². The number of anilines is 2. The molecular formula is C20H17N3O3S. The highest BCUT2D eigenvalue weighted by Gasteiger charge is 2.21. The summed E-state index contributed by atoms with van der Waals surface area (Å²) in [5, 5.41) is 13.0. The van der Waals surface area contributed by atoms with Gasteiger partial charge in [-0.05, 0) is 47.5 Å². The largest absolute Gasteiger partial charge is 0.378 e. The van der Waals surface area contributed by atoms with Gasteiger partial charge in [0.2, 0.25) is 9.84 Å². The Balaban J connectivity index is 1.81. The van der Waals surface area contributed by atoms with Gasteiger partial charge < -0.3 is 10.2 Å². The lowest BCUT2D eigenvalue weighted by Crippen LogP contribution is -2.14. The number of nitrogens with zero attached hydrogens (tertiary/aromatic N) is 2. The minimum absolute atomic E-state index is 0.0749. The van der Waals surface area contributed by atoms with Gasteiger partial charge in [0.25, 0.3) is 5.91 Å². The molecule has 0 aliphatic carbocycles. The number of carbonyl (C=O) groups excluding carboxylic acids is 1. The molecule has 1 aliphatic heterocycles. The molecule has 2 aromatic carbocycles. The minimum Gasteiger partial charge on any atom is -0.378 e. The first kappa shape index (κ1) is 18.4. The second-order valence-corrected chi connectivity index (χ2v) is 8.01. The molecule has 1 heterocycles. The SMILES string of the molecule is CN(C)c1ccc(/C=C(\C#N)C(=O)Nc2ccc3c(c2)S(=O)(=O)C=C3)cc1. The molecule has 136 valence electrons. The minimum atomic E-state index is -3.46. The molecule has 1 amide bonds. The third kappa shape index (κ3) is 3.91. The molecule has 3 rings (SSSR count). The van der Waals surface area contributed by atoms with Crippen molar-refractivity contribution in [2.45, 2.75) is 4.90 Å². The normalized spacial score (nSPS) is 14.3. The van der Waals surface area contributed by atoms with Gasteiger partial charge in [-0.3, -0.25) is 4.79 Å². The van der Waals surface area contributed by atoms with Crippen LogP contribution in [0, 0.1) is 11.3 Å². The summed E-state index contributed by atoms with van der Waals surface area (Å²) >= 11 is 0. The number of fused-ring (bicyclic) bond motifs is 1. The van der Waals surface area contributed by atoms with Crippen LogP contribution in [0.2, 0.25) is 0 Å². The van der Waals surface area contributed by atoms with Crippen molar-refractivity contribution in [1.29, 1.82) is 5.26 Å². The predicted molar refractivity (Wildman–Crippen MR) is 106 cm³/mol. The maximum absolute atomic E-state index is 12.4. The molecule has 0 radical (unpaired) electrons. The Morgan fingerprint density at radius 1 is 1.15 bits per heavy atom. The summed E-state index contributed by atoms with van der Waals surface area (Å²) in [6, 6.07) is 13.9. The molecule has 0 atom stereocenters. The predicted octanol–water partition coefficient (Wildman–Crippen LogP) is 3.06. The Kier molecular flexibility index (Phi) is 4.84. The maximum Gasteiger partial charge on any atom is 0.266 e. The molecular weight excluding hydrogens is 362 g/mol. The molecule has 0 saturated heterocycles. The van der Waals surface area contributed by atoms with E-state index >= 15 is 0 Å². The Labute approximate surface area is 158 Å². The van der Waals surface area contributed by atoms with Crippen LogP contribution >= 0.6 is 0 Å². The zero-order valence-corrected chi connectivity index (χ0v) is 15.6. The number of rotatable bonds is 4. The van der Waals surface area contributed by atoms with Crippen LogP contribution in [-0.2, 0) is 14.6 Å². The lowest BCUT2D eigenvalue weighted by molar-refractivity contribution is -0.112. The number of nitriles is 1. The van der Waals surface area contributed by atoms with Crippen LogP contribution in [0.15, 0.2) is 58.3 Å². The van der Waals surface area contributed by atoms with Crippen molar-refractivity contribution in [3.63, 3.8) is 0 Å². The summed E-state index contributed by atoms with van der Waals surface area (Å²) in [7, 11) is 0.379. The van der Waals surface area contributed by atoms with Gasteiger partial charge in [-0.15, -0.1) is 0 Å². The van der Waals surface area contributed by atoms with Crippen molar-refractivity contribution in [3.8, 4) is 6.07 Å². The van der Waals surface area contributed by atoms with E-state index in [-0.39, 0.29) is 10.5 Å². The Morgan fingerprint density at radius 2 is 1.85 bits per heavy atom. The van der Waals surface area contributed by atoms with E-state index in [2.05, 4.69) is 5.32 Å². The smallest absolute Gasteiger partial charge is 0.266 e. The number of nitrogens with one attached hydrogen (secondary N) is 1. The van der Waals surface area contributed by atoms with E-state index in [0.717, 1.165) is 11.1 Å². The Morgan fingerprint density at radius 3 is 2.48 bits per heavy atom. The number of benzene rings is 2. The Hall–Kier alpha value is -3.37. The number of sulfone groups is 1.